The number of rotatable bonds is 6. The maximum atomic E-state index is 13.2. The molecule has 162 valence electrons. The number of nitrogens with zero attached hydrogens (tertiary/aromatic N) is 4. The molecule has 0 unspecified atom stereocenters. The Labute approximate surface area is 177 Å². The molecule has 1 amide bonds. The van der Waals surface area contributed by atoms with Crippen LogP contribution in [0.4, 0.5) is 17.5 Å². The molecule has 3 rings (SSSR count). The summed E-state index contributed by atoms with van der Waals surface area (Å²) in [4.78, 5) is 22.5. The summed E-state index contributed by atoms with van der Waals surface area (Å²) in [6.45, 7) is 9.62. The molecule has 9 nitrogen and oxygen atoms in total. The van der Waals surface area contributed by atoms with E-state index in [4.69, 9.17) is 0 Å². The Kier molecular flexibility index (Phi) is 6.57. The second-order valence-corrected chi connectivity index (χ2v) is 9.18. The molecule has 0 radical (unpaired) electrons. The second kappa shape index (κ2) is 8.97. The van der Waals surface area contributed by atoms with Gasteiger partial charge in [-0.3, -0.25) is 4.79 Å². The molecule has 1 aliphatic heterocycles. The van der Waals surface area contributed by atoms with Crippen LogP contribution in [0.3, 0.4) is 0 Å². The van der Waals surface area contributed by atoms with E-state index in [1.54, 1.807) is 25.1 Å². The van der Waals surface area contributed by atoms with Gasteiger partial charge in [0.15, 0.2) is 0 Å². The number of nitrogens with one attached hydrogen (secondary N) is 2. The summed E-state index contributed by atoms with van der Waals surface area (Å²) < 4.78 is 27.8. The highest BCUT2D eigenvalue weighted by Crippen LogP contribution is 2.25. The number of hydrogen-bond donors (Lipinski definition) is 2. The third kappa shape index (κ3) is 4.88. The monoisotopic (exact) mass is 432 g/mol. The Bertz CT molecular complexity index is 1030. The van der Waals surface area contributed by atoms with Crippen LogP contribution in [0.1, 0.15) is 25.1 Å². The molecule has 0 bridgehead atoms. The summed E-state index contributed by atoms with van der Waals surface area (Å²) in [7, 11) is -3.62. The molecule has 30 heavy (non-hydrogen) atoms. The molecule has 10 heteroatoms. The summed E-state index contributed by atoms with van der Waals surface area (Å²) in [6.07, 6.45) is 0. The van der Waals surface area contributed by atoms with E-state index in [-0.39, 0.29) is 10.8 Å². The number of sulfonamides is 1. The van der Waals surface area contributed by atoms with Crippen molar-refractivity contribution in [2.24, 2.45) is 0 Å². The van der Waals surface area contributed by atoms with Crippen LogP contribution in [0.25, 0.3) is 0 Å². The zero-order valence-electron chi connectivity index (χ0n) is 17.8. The van der Waals surface area contributed by atoms with Gasteiger partial charge in [-0.1, -0.05) is 0 Å². The van der Waals surface area contributed by atoms with E-state index in [0.717, 1.165) is 18.1 Å². The Morgan fingerprint density at radius 3 is 2.40 bits per heavy atom. The number of carbonyl (C=O) groups is 1. The number of piperazine rings is 1. The van der Waals surface area contributed by atoms with Crippen molar-refractivity contribution in [2.45, 2.75) is 32.6 Å². The summed E-state index contributed by atoms with van der Waals surface area (Å²) in [5.41, 5.74) is 2.05. The lowest BCUT2D eigenvalue weighted by Gasteiger charge is -2.35. The number of aryl methyl sites for hydroxylation is 2. The second-order valence-electron chi connectivity index (χ2n) is 7.27. The van der Waals surface area contributed by atoms with E-state index in [0.29, 0.717) is 43.4 Å². The van der Waals surface area contributed by atoms with Crippen molar-refractivity contribution >= 4 is 33.4 Å². The summed E-state index contributed by atoms with van der Waals surface area (Å²) in [5, 5.41) is 5.80. The molecule has 1 fully saturated rings. The molecule has 0 spiro atoms. The maximum absolute atomic E-state index is 13.2. The molecule has 1 aliphatic rings. The van der Waals surface area contributed by atoms with Crippen molar-refractivity contribution in [3.63, 3.8) is 0 Å². The van der Waals surface area contributed by atoms with Gasteiger partial charge in [-0.05, 0) is 44.5 Å². The first kappa shape index (κ1) is 22.0. The van der Waals surface area contributed by atoms with Gasteiger partial charge in [0.1, 0.15) is 5.82 Å². The summed E-state index contributed by atoms with van der Waals surface area (Å²) in [5.74, 6) is 1.18. The lowest BCUT2D eigenvalue weighted by atomic mass is 10.2. The van der Waals surface area contributed by atoms with Crippen molar-refractivity contribution in [3.8, 4) is 0 Å². The van der Waals surface area contributed by atoms with Gasteiger partial charge < -0.3 is 15.5 Å². The van der Waals surface area contributed by atoms with Crippen molar-refractivity contribution in [3.05, 3.63) is 35.5 Å². The molecular formula is C20H28N6O3S. The third-order valence-corrected chi connectivity index (χ3v) is 6.91. The number of anilines is 3. The van der Waals surface area contributed by atoms with Gasteiger partial charge in [0.05, 0.1) is 4.90 Å². The zero-order chi connectivity index (χ0) is 21.9. The number of carbonyl (C=O) groups excluding carboxylic acids is 1. The van der Waals surface area contributed by atoms with E-state index < -0.39 is 10.0 Å². The highest BCUT2D eigenvalue weighted by Gasteiger charge is 2.30. The van der Waals surface area contributed by atoms with Crippen molar-refractivity contribution in [2.75, 3.05) is 48.3 Å². The molecule has 2 heterocycles. The number of benzene rings is 1. The van der Waals surface area contributed by atoms with Crippen LogP contribution < -0.4 is 15.5 Å². The number of hydrogen-bond acceptors (Lipinski definition) is 7. The van der Waals surface area contributed by atoms with Crippen LogP contribution in [0.15, 0.2) is 29.2 Å². The summed E-state index contributed by atoms with van der Waals surface area (Å²) in [6, 6.07) is 6.76. The predicted octanol–water partition coefficient (Wildman–Crippen LogP) is 1.99. The van der Waals surface area contributed by atoms with E-state index in [1.165, 1.54) is 11.2 Å². The standard InChI is InChI=1S/C20H28N6O3S/c1-5-21-20-22-15(3)13-19(24-20)25-8-10-26(11-9-25)30(28,29)18-7-6-17(12-14(18)2)23-16(4)27/h6-7,12-13H,5,8-11H2,1-4H3,(H,23,27)(H,21,22,24). The average Bonchev–Trinajstić information content (AvgIpc) is 2.67. The molecule has 0 saturated carbocycles. The van der Waals surface area contributed by atoms with Crippen LogP contribution in [0.2, 0.25) is 0 Å². The van der Waals surface area contributed by atoms with E-state index >= 15 is 0 Å². The lowest BCUT2D eigenvalue weighted by Crippen LogP contribution is -2.49. The average molecular weight is 433 g/mol. The van der Waals surface area contributed by atoms with Crippen molar-refractivity contribution in [1.29, 1.82) is 0 Å². The van der Waals surface area contributed by atoms with Crippen LogP contribution in [0.5, 0.6) is 0 Å². The normalized spacial score (nSPS) is 15.1. The maximum Gasteiger partial charge on any atom is 0.243 e. The Morgan fingerprint density at radius 1 is 1.10 bits per heavy atom. The first-order valence-corrected chi connectivity index (χ1v) is 11.4. The molecule has 1 aromatic carbocycles. The minimum atomic E-state index is -3.62. The quantitative estimate of drug-likeness (QED) is 0.719. The molecule has 2 N–H and O–H groups in total. The molecule has 1 aromatic heterocycles. The minimum Gasteiger partial charge on any atom is -0.354 e. The van der Waals surface area contributed by atoms with Crippen molar-refractivity contribution in [1.82, 2.24) is 14.3 Å². The largest absolute Gasteiger partial charge is 0.354 e. The van der Waals surface area contributed by atoms with Gasteiger partial charge >= 0.3 is 0 Å². The molecule has 0 aliphatic carbocycles. The van der Waals surface area contributed by atoms with Gasteiger partial charge in [-0.25, -0.2) is 13.4 Å². The smallest absolute Gasteiger partial charge is 0.243 e. The molecular weight excluding hydrogens is 404 g/mol. The van der Waals surface area contributed by atoms with Crippen LogP contribution in [-0.4, -0.2) is 61.3 Å². The van der Waals surface area contributed by atoms with Crippen molar-refractivity contribution < 1.29 is 13.2 Å². The molecule has 1 saturated heterocycles. The van der Waals surface area contributed by atoms with Gasteiger partial charge in [-0.2, -0.15) is 9.29 Å². The number of aromatic nitrogens is 2. The fourth-order valence-electron chi connectivity index (χ4n) is 3.47. The lowest BCUT2D eigenvalue weighted by molar-refractivity contribution is -0.114. The first-order valence-electron chi connectivity index (χ1n) is 9.93. The topological polar surface area (TPSA) is 108 Å². The van der Waals surface area contributed by atoms with Gasteiger partial charge in [0.2, 0.25) is 21.9 Å². The highest BCUT2D eigenvalue weighted by atomic mass is 32.2. The van der Waals surface area contributed by atoms with Gasteiger partial charge in [0.25, 0.3) is 0 Å². The zero-order valence-corrected chi connectivity index (χ0v) is 18.6. The van der Waals surface area contributed by atoms with E-state index in [1.807, 2.05) is 19.9 Å². The van der Waals surface area contributed by atoms with Crippen LogP contribution in [0, 0.1) is 13.8 Å². The van der Waals surface area contributed by atoms with Gasteiger partial charge in [0, 0.05) is 57.1 Å². The predicted molar refractivity (Wildman–Crippen MR) is 117 cm³/mol. The third-order valence-electron chi connectivity index (χ3n) is 4.85. The molecule has 0 atom stereocenters. The van der Waals surface area contributed by atoms with Crippen LogP contribution in [-0.2, 0) is 14.8 Å². The van der Waals surface area contributed by atoms with E-state index in [9.17, 15) is 13.2 Å². The highest BCUT2D eigenvalue weighted by molar-refractivity contribution is 7.89. The fraction of sp³-hybridized carbons (Fsp3) is 0.450. The van der Waals surface area contributed by atoms with Gasteiger partial charge in [-0.15, -0.1) is 0 Å². The van der Waals surface area contributed by atoms with Crippen LogP contribution >= 0.6 is 0 Å². The summed E-state index contributed by atoms with van der Waals surface area (Å²) >= 11 is 0. The SMILES string of the molecule is CCNc1nc(C)cc(N2CCN(S(=O)(=O)c3ccc(NC(C)=O)cc3C)CC2)n1. The number of amides is 1. The minimum absolute atomic E-state index is 0.196. The Hall–Kier alpha value is -2.72. The first-order chi connectivity index (χ1) is 14.2. The molecule has 2 aromatic rings. The van der Waals surface area contributed by atoms with E-state index in [2.05, 4.69) is 25.5 Å². The fourth-order valence-corrected chi connectivity index (χ4v) is 5.10. The Balaban J connectivity index is 1.73. The Morgan fingerprint density at radius 2 is 1.80 bits per heavy atom.